The van der Waals surface area contributed by atoms with E-state index in [0.717, 1.165) is 24.8 Å². The number of nitrogens with one attached hydrogen (secondary N) is 1. The van der Waals surface area contributed by atoms with Gasteiger partial charge in [0.25, 0.3) is 0 Å². The van der Waals surface area contributed by atoms with E-state index in [0.29, 0.717) is 11.8 Å². The predicted octanol–water partition coefficient (Wildman–Crippen LogP) is 10.7. The van der Waals surface area contributed by atoms with Crippen LogP contribution in [0.25, 0.3) is 0 Å². The molecule has 0 bridgehead atoms. The summed E-state index contributed by atoms with van der Waals surface area (Å²) in [5, 5.41) is 5.50. The first-order valence-corrected chi connectivity index (χ1v) is 12.9. The Morgan fingerprint density at radius 1 is 1.03 bits per heavy atom. The summed E-state index contributed by atoms with van der Waals surface area (Å²) >= 11 is 0. The molecule has 34 heavy (non-hydrogen) atoms. The monoisotopic (exact) mass is 469 g/mol. The van der Waals surface area contributed by atoms with Gasteiger partial charge in [-0.1, -0.05) is 134 Å². The normalized spacial score (nSPS) is 12.0. The lowest BCUT2D eigenvalue weighted by Gasteiger charge is -2.12. The molecule has 192 valence electrons. The van der Waals surface area contributed by atoms with Crippen LogP contribution in [0.15, 0.2) is 85.0 Å². The minimum atomic E-state index is -0.0877. The minimum absolute atomic E-state index is 0.0877. The molecule has 0 amide bonds. The number of hydrogen-bond acceptors (Lipinski definition) is 1. The van der Waals surface area contributed by atoms with Gasteiger partial charge in [-0.2, -0.15) is 0 Å². The van der Waals surface area contributed by atoms with E-state index in [-0.39, 0.29) is 5.82 Å². The topological polar surface area (TPSA) is 23.9 Å². The molecule has 1 atom stereocenters. The fourth-order valence-electron chi connectivity index (χ4n) is 2.95. The fraction of sp³-hybridized carbons (Fsp3) is 0.469. The van der Waals surface area contributed by atoms with E-state index < -0.39 is 0 Å². The van der Waals surface area contributed by atoms with Crippen molar-refractivity contribution in [2.24, 2.45) is 11.8 Å². The molecule has 0 aliphatic heterocycles. The predicted molar refractivity (Wildman–Crippen MR) is 155 cm³/mol. The largest absolute Gasteiger partial charge is 0.317 e. The number of allylic oxidation sites excluding steroid dienone is 9. The van der Waals surface area contributed by atoms with Crippen molar-refractivity contribution in [1.82, 2.24) is 0 Å². The van der Waals surface area contributed by atoms with Gasteiger partial charge in [-0.25, -0.2) is 4.39 Å². The Balaban J connectivity index is -0.000000671. The SMILES string of the molecule is C=C/C=C\C=C\CC.C=N.CC.CCCC(/C=C(\C=CC(C)C)CCc1ccccc1F)CC. The van der Waals surface area contributed by atoms with Gasteiger partial charge in [0.2, 0.25) is 0 Å². The summed E-state index contributed by atoms with van der Waals surface area (Å²) in [5.74, 6) is 1.09. The number of aryl methyl sites for hydroxylation is 1. The second kappa shape index (κ2) is 28.6. The molecule has 0 spiro atoms. The van der Waals surface area contributed by atoms with Crippen molar-refractivity contribution in [1.29, 1.82) is 5.41 Å². The molecule has 0 aromatic heterocycles. The second-order valence-corrected chi connectivity index (χ2v) is 7.85. The quantitative estimate of drug-likeness (QED) is 0.232. The first kappa shape index (κ1) is 36.1. The highest BCUT2D eigenvalue weighted by Crippen LogP contribution is 2.20. The fourth-order valence-corrected chi connectivity index (χ4v) is 2.95. The minimum Gasteiger partial charge on any atom is -0.317 e. The first-order chi connectivity index (χ1) is 16.5. The van der Waals surface area contributed by atoms with E-state index in [1.807, 2.05) is 44.2 Å². The van der Waals surface area contributed by atoms with Gasteiger partial charge in [-0.05, 0) is 62.3 Å². The third-order valence-electron chi connectivity index (χ3n) is 4.70. The van der Waals surface area contributed by atoms with Crippen LogP contribution in [0.4, 0.5) is 4.39 Å². The highest BCUT2D eigenvalue weighted by molar-refractivity contribution is 5.24. The molecule has 0 radical (unpaired) electrons. The van der Waals surface area contributed by atoms with E-state index in [9.17, 15) is 4.39 Å². The summed E-state index contributed by atoms with van der Waals surface area (Å²) in [5.41, 5.74) is 2.16. The maximum atomic E-state index is 13.8. The smallest absolute Gasteiger partial charge is 0.126 e. The number of benzene rings is 1. The van der Waals surface area contributed by atoms with Crippen molar-refractivity contribution in [3.05, 3.63) is 96.4 Å². The van der Waals surface area contributed by atoms with E-state index >= 15 is 0 Å². The Morgan fingerprint density at radius 2 is 1.68 bits per heavy atom. The third-order valence-corrected chi connectivity index (χ3v) is 4.70. The lowest BCUT2D eigenvalue weighted by Crippen LogP contribution is -1.98. The van der Waals surface area contributed by atoms with Crippen LogP contribution in [0.2, 0.25) is 0 Å². The van der Waals surface area contributed by atoms with Gasteiger partial charge in [-0.15, -0.1) is 0 Å². The molecular formula is C32H52FN. The molecule has 0 saturated carbocycles. The Labute approximate surface area is 211 Å². The van der Waals surface area contributed by atoms with Gasteiger partial charge in [0.1, 0.15) is 5.82 Å². The summed E-state index contributed by atoms with van der Waals surface area (Å²) < 4.78 is 13.8. The van der Waals surface area contributed by atoms with Gasteiger partial charge >= 0.3 is 0 Å². The Bertz CT molecular complexity index is 695. The van der Waals surface area contributed by atoms with Crippen LogP contribution in [0, 0.1) is 23.1 Å². The Hall–Kier alpha value is -2.48. The Morgan fingerprint density at radius 3 is 2.18 bits per heavy atom. The van der Waals surface area contributed by atoms with Crippen molar-refractivity contribution >= 4 is 6.72 Å². The zero-order valence-electron chi connectivity index (χ0n) is 23.1. The highest BCUT2D eigenvalue weighted by Gasteiger charge is 2.06. The zero-order chi connectivity index (χ0) is 26.6. The third kappa shape index (κ3) is 22.7. The maximum absolute atomic E-state index is 13.8. The van der Waals surface area contributed by atoms with E-state index in [1.165, 1.54) is 24.8 Å². The van der Waals surface area contributed by atoms with Crippen LogP contribution in [0.3, 0.4) is 0 Å². The summed E-state index contributed by atoms with van der Waals surface area (Å²) in [6, 6.07) is 7.11. The van der Waals surface area contributed by atoms with Crippen LogP contribution in [-0.4, -0.2) is 6.72 Å². The van der Waals surface area contributed by atoms with Gasteiger partial charge in [0.15, 0.2) is 0 Å². The molecule has 0 saturated heterocycles. The maximum Gasteiger partial charge on any atom is 0.126 e. The van der Waals surface area contributed by atoms with Crippen molar-refractivity contribution in [3.63, 3.8) is 0 Å². The highest BCUT2D eigenvalue weighted by atomic mass is 19.1. The summed E-state index contributed by atoms with van der Waals surface area (Å²) in [6.07, 6.45) is 23.0. The van der Waals surface area contributed by atoms with Crippen molar-refractivity contribution in [2.45, 2.75) is 87.0 Å². The van der Waals surface area contributed by atoms with Crippen LogP contribution in [-0.2, 0) is 6.42 Å². The Kier molecular flexibility index (Phi) is 30.3. The van der Waals surface area contributed by atoms with Crippen LogP contribution < -0.4 is 0 Å². The molecule has 0 aliphatic carbocycles. The van der Waals surface area contributed by atoms with Crippen LogP contribution in [0.1, 0.15) is 86.1 Å². The van der Waals surface area contributed by atoms with E-state index in [1.54, 1.807) is 18.2 Å². The van der Waals surface area contributed by atoms with Crippen LogP contribution in [0.5, 0.6) is 0 Å². The lowest BCUT2D eigenvalue weighted by molar-refractivity contribution is 0.559. The van der Waals surface area contributed by atoms with Crippen molar-refractivity contribution in [3.8, 4) is 0 Å². The molecule has 1 aromatic carbocycles. The molecule has 0 heterocycles. The molecule has 1 unspecified atom stereocenters. The average molecular weight is 470 g/mol. The first-order valence-electron chi connectivity index (χ1n) is 12.9. The summed E-state index contributed by atoms with van der Waals surface area (Å²) in [7, 11) is 0. The summed E-state index contributed by atoms with van der Waals surface area (Å²) in [6.45, 7) is 21.0. The van der Waals surface area contributed by atoms with E-state index in [4.69, 9.17) is 5.41 Å². The molecule has 1 N–H and O–H groups in total. The number of halogens is 1. The van der Waals surface area contributed by atoms with Gasteiger partial charge < -0.3 is 5.41 Å². The molecule has 1 nitrogen and oxygen atoms in total. The molecule has 1 rings (SSSR count). The van der Waals surface area contributed by atoms with Crippen molar-refractivity contribution in [2.75, 3.05) is 0 Å². The second-order valence-electron chi connectivity index (χ2n) is 7.85. The molecule has 0 fully saturated rings. The van der Waals surface area contributed by atoms with Crippen molar-refractivity contribution < 1.29 is 4.39 Å². The molecule has 1 aromatic rings. The molecule has 0 aliphatic rings. The molecule has 2 heteroatoms. The average Bonchev–Trinajstić information content (AvgIpc) is 2.86. The number of hydrogen-bond donors (Lipinski definition) is 1. The van der Waals surface area contributed by atoms with Crippen LogP contribution >= 0.6 is 0 Å². The standard InChI is InChI=1S/C21H31F.C8H12.C2H6.CH3N/c1-5-9-18(6-2)16-19(13-12-17(3)4)14-15-20-10-7-8-11-21(20)22;1-3-5-7-8-6-4-2;2*1-2/h7-8,10-13,16-18H,5-6,9,14-15H2,1-4H3;3,5-8H,1,4H2,2H3;1-2H3;2H,1H2/b13-12?,19-16+;7-5-,8-6+;;. The summed E-state index contributed by atoms with van der Waals surface area (Å²) in [4.78, 5) is 0. The van der Waals surface area contributed by atoms with Gasteiger partial charge in [0, 0.05) is 0 Å². The van der Waals surface area contributed by atoms with Gasteiger partial charge in [0.05, 0.1) is 0 Å². The molecular weight excluding hydrogens is 417 g/mol. The number of rotatable bonds is 12. The zero-order valence-corrected chi connectivity index (χ0v) is 23.1. The van der Waals surface area contributed by atoms with Gasteiger partial charge in [-0.3, -0.25) is 0 Å². The van der Waals surface area contributed by atoms with E-state index in [2.05, 4.69) is 72.2 Å². The lowest BCUT2D eigenvalue weighted by atomic mass is 9.94.